The number of ether oxygens (including phenoxy) is 2. The number of nitrogens with zero attached hydrogens (tertiary/aromatic N) is 1. The number of hydrogen-bond acceptors (Lipinski definition) is 3. The Kier molecular flexibility index (Phi) is 8.00. The topological polar surface area (TPSA) is 21.7 Å². The van der Waals surface area contributed by atoms with Crippen molar-refractivity contribution in [2.24, 2.45) is 5.92 Å². The zero-order chi connectivity index (χ0) is 20.9. The summed E-state index contributed by atoms with van der Waals surface area (Å²) in [6.07, 6.45) is 3.58. The zero-order valence-corrected chi connectivity index (χ0v) is 19.5. The van der Waals surface area contributed by atoms with Gasteiger partial charge in [0.2, 0.25) is 0 Å². The van der Waals surface area contributed by atoms with Gasteiger partial charge in [0.05, 0.1) is 7.11 Å². The van der Waals surface area contributed by atoms with Gasteiger partial charge in [-0.1, -0.05) is 42.5 Å². The first-order chi connectivity index (χ1) is 14.6. The Labute approximate surface area is 192 Å². The van der Waals surface area contributed by atoms with Crippen LogP contribution >= 0.6 is 12.4 Å². The van der Waals surface area contributed by atoms with Crippen molar-refractivity contribution < 1.29 is 9.47 Å². The second kappa shape index (κ2) is 10.7. The van der Waals surface area contributed by atoms with Gasteiger partial charge in [0, 0.05) is 6.54 Å². The quantitative estimate of drug-likeness (QED) is 0.450. The average Bonchev–Trinajstić information content (AvgIpc) is 2.77. The molecule has 0 amide bonds. The van der Waals surface area contributed by atoms with Crippen LogP contribution in [0, 0.1) is 5.92 Å². The second-order valence-electron chi connectivity index (χ2n) is 8.48. The molecule has 0 N–H and O–H groups in total. The summed E-state index contributed by atoms with van der Waals surface area (Å²) in [5.41, 5.74) is 6.49. The van der Waals surface area contributed by atoms with Crippen LogP contribution in [0.5, 0.6) is 11.5 Å². The van der Waals surface area contributed by atoms with E-state index in [9.17, 15) is 0 Å². The monoisotopic (exact) mass is 437 g/mol. The fourth-order valence-corrected chi connectivity index (χ4v) is 4.43. The van der Waals surface area contributed by atoms with E-state index in [2.05, 4.69) is 73.6 Å². The van der Waals surface area contributed by atoms with Crippen LogP contribution in [0.4, 0.5) is 0 Å². The fourth-order valence-electron chi connectivity index (χ4n) is 4.43. The predicted molar refractivity (Wildman–Crippen MR) is 131 cm³/mol. The molecular formula is C27H32ClNO2. The number of halogens is 1. The molecular weight excluding hydrogens is 406 g/mol. The van der Waals surface area contributed by atoms with Gasteiger partial charge in [0.15, 0.2) is 0 Å². The molecule has 0 spiro atoms. The molecule has 1 atom stereocenters. The van der Waals surface area contributed by atoms with E-state index in [4.69, 9.17) is 9.47 Å². The summed E-state index contributed by atoms with van der Waals surface area (Å²) < 4.78 is 11.5. The predicted octanol–water partition coefficient (Wildman–Crippen LogP) is 6.03. The minimum absolute atomic E-state index is 0. The van der Waals surface area contributed by atoms with Crippen LogP contribution in [0.3, 0.4) is 0 Å². The molecule has 4 heteroatoms. The van der Waals surface area contributed by atoms with Crippen molar-refractivity contribution in [3.05, 3.63) is 83.4 Å². The van der Waals surface area contributed by atoms with Gasteiger partial charge in [0.1, 0.15) is 18.1 Å². The third-order valence-electron chi connectivity index (χ3n) is 5.94. The second-order valence-corrected chi connectivity index (χ2v) is 8.48. The van der Waals surface area contributed by atoms with Crippen LogP contribution < -0.4 is 9.47 Å². The Bertz CT molecular complexity index is 985. The molecule has 3 nitrogen and oxygen atoms in total. The first kappa shape index (κ1) is 23.2. The van der Waals surface area contributed by atoms with Gasteiger partial charge in [-0.05, 0) is 91.4 Å². The number of benzene rings is 3. The molecule has 3 aromatic rings. The maximum absolute atomic E-state index is 6.22. The van der Waals surface area contributed by atoms with Crippen molar-refractivity contribution in [1.82, 2.24) is 4.90 Å². The van der Waals surface area contributed by atoms with E-state index >= 15 is 0 Å². The molecule has 0 fully saturated rings. The van der Waals surface area contributed by atoms with Gasteiger partial charge in [-0.3, -0.25) is 0 Å². The Hall–Kier alpha value is -2.49. The van der Waals surface area contributed by atoms with E-state index in [0.29, 0.717) is 6.61 Å². The summed E-state index contributed by atoms with van der Waals surface area (Å²) in [4.78, 5) is 2.30. The fraction of sp³-hybridized carbons (Fsp3) is 0.333. The Morgan fingerprint density at radius 2 is 1.65 bits per heavy atom. The Morgan fingerprint density at radius 1 is 0.903 bits per heavy atom. The molecule has 164 valence electrons. The van der Waals surface area contributed by atoms with Crippen LogP contribution in [-0.4, -0.2) is 32.6 Å². The van der Waals surface area contributed by atoms with Crippen molar-refractivity contribution in [3.8, 4) is 22.6 Å². The smallest absolute Gasteiger partial charge is 0.120 e. The molecule has 0 heterocycles. The van der Waals surface area contributed by atoms with E-state index in [0.717, 1.165) is 23.8 Å². The van der Waals surface area contributed by atoms with Crippen molar-refractivity contribution >= 4 is 12.4 Å². The number of hydrogen-bond donors (Lipinski definition) is 0. The molecule has 0 aliphatic heterocycles. The highest BCUT2D eigenvalue weighted by atomic mass is 35.5. The normalized spacial score (nSPS) is 15.2. The third-order valence-corrected chi connectivity index (χ3v) is 5.94. The van der Waals surface area contributed by atoms with Crippen molar-refractivity contribution in [3.63, 3.8) is 0 Å². The zero-order valence-electron chi connectivity index (χ0n) is 18.6. The molecule has 0 saturated carbocycles. The number of aryl methyl sites for hydroxylation is 1. The molecule has 1 aliphatic rings. The van der Waals surface area contributed by atoms with Crippen molar-refractivity contribution in [2.75, 3.05) is 27.7 Å². The van der Waals surface area contributed by atoms with Gasteiger partial charge >= 0.3 is 0 Å². The third kappa shape index (κ3) is 5.81. The summed E-state index contributed by atoms with van der Waals surface area (Å²) in [5.74, 6) is 2.59. The minimum atomic E-state index is 0. The van der Waals surface area contributed by atoms with Crippen LogP contribution in [0.1, 0.15) is 23.1 Å². The molecule has 1 aliphatic carbocycles. The van der Waals surface area contributed by atoms with Crippen LogP contribution in [-0.2, 0) is 19.4 Å². The van der Waals surface area contributed by atoms with E-state index in [1.807, 2.05) is 12.1 Å². The van der Waals surface area contributed by atoms with Gasteiger partial charge in [-0.2, -0.15) is 0 Å². The highest BCUT2D eigenvalue weighted by molar-refractivity contribution is 5.85. The van der Waals surface area contributed by atoms with Crippen molar-refractivity contribution in [2.45, 2.75) is 25.9 Å². The van der Waals surface area contributed by atoms with Crippen molar-refractivity contribution in [1.29, 1.82) is 0 Å². The van der Waals surface area contributed by atoms with E-state index < -0.39 is 0 Å². The van der Waals surface area contributed by atoms with Gasteiger partial charge < -0.3 is 14.4 Å². The molecule has 0 saturated heterocycles. The average molecular weight is 438 g/mol. The molecule has 31 heavy (non-hydrogen) atoms. The van der Waals surface area contributed by atoms with E-state index in [1.54, 1.807) is 7.11 Å². The largest absolute Gasteiger partial charge is 0.497 e. The molecule has 0 bridgehead atoms. The highest BCUT2D eigenvalue weighted by Crippen LogP contribution is 2.30. The number of methoxy groups -OCH3 is 1. The van der Waals surface area contributed by atoms with Crippen LogP contribution in [0.2, 0.25) is 0 Å². The molecule has 4 rings (SSSR count). The first-order valence-corrected chi connectivity index (χ1v) is 10.7. The molecule has 0 radical (unpaired) electrons. The number of rotatable bonds is 7. The highest BCUT2D eigenvalue weighted by Gasteiger charge is 2.19. The maximum Gasteiger partial charge on any atom is 0.120 e. The summed E-state index contributed by atoms with van der Waals surface area (Å²) in [7, 11) is 6.02. The lowest BCUT2D eigenvalue weighted by Crippen LogP contribution is -2.26. The Morgan fingerprint density at radius 3 is 2.39 bits per heavy atom. The standard InChI is InChI=1S/C27H31NO2.ClH/c1-28(2)18-20-8-9-23-17-26(15-12-22(23)16-20)30-19-24-6-4-5-7-27(24)21-10-13-25(29-3)14-11-21;/h4-7,10-15,17,20H,8-9,16,18-19H2,1-3H3;1H. The lowest BCUT2D eigenvalue weighted by molar-refractivity contribution is 0.297. The van der Waals surface area contributed by atoms with Crippen LogP contribution in [0.25, 0.3) is 11.1 Å². The van der Waals surface area contributed by atoms with Gasteiger partial charge in [-0.15, -0.1) is 12.4 Å². The summed E-state index contributed by atoms with van der Waals surface area (Å²) in [5, 5.41) is 0. The summed E-state index contributed by atoms with van der Waals surface area (Å²) in [6.45, 7) is 1.73. The summed E-state index contributed by atoms with van der Waals surface area (Å²) >= 11 is 0. The minimum Gasteiger partial charge on any atom is -0.497 e. The Balaban J connectivity index is 0.00000272. The summed E-state index contributed by atoms with van der Waals surface area (Å²) in [6, 6.07) is 23.3. The SMILES string of the molecule is COc1ccc(-c2ccccc2COc2ccc3c(c2)CCC(CN(C)C)C3)cc1.Cl. The molecule has 0 aromatic heterocycles. The van der Waals surface area contributed by atoms with Gasteiger partial charge in [0.25, 0.3) is 0 Å². The van der Waals surface area contributed by atoms with E-state index in [1.165, 1.54) is 47.2 Å². The first-order valence-electron chi connectivity index (χ1n) is 10.7. The van der Waals surface area contributed by atoms with Crippen LogP contribution in [0.15, 0.2) is 66.7 Å². The molecule has 1 unspecified atom stereocenters. The lowest BCUT2D eigenvalue weighted by atomic mass is 9.83. The number of fused-ring (bicyclic) bond motifs is 1. The lowest BCUT2D eigenvalue weighted by Gasteiger charge is -2.27. The van der Waals surface area contributed by atoms with Gasteiger partial charge in [-0.25, -0.2) is 0 Å². The van der Waals surface area contributed by atoms with E-state index in [-0.39, 0.29) is 12.4 Å². The maximum atomic E-state index is 6.22. The molecule has 3 aromatic carbocycles.